The molecule has 0 fully saturated rings. The number of hydrogen-bond acceptors (Lipinski definition) is 3. The predicted octanol–water partition coefficient (Wildman–Crippen LogP) is 4.26. The van der Waals surface area contributed by atoms with Crippen molar-refractivity contribution in [3.8, 4) is 0 Å². The number of benzene rings is 2. The first kappa shape index (κ1) is 18.8. The average molecular weight is 389 g/mol. The van der Waals surface area contributed by atoms with Gasteiger partial charge in [-0.3, -0.25) is 14.6 Å². The number of nitrogens with zero attached hydrogens (tertiary/aromatic N) is 2. The van der Waals surface area contributed by atoms with E-state index in [9.17, 15) is 14.0 Å². The van der Waals surface area contributed by atoms with Crippen molar-refractivity contribution in [2.45, 2.75) is 13.8 Å². The lowest BCUT2D eigenvalue weighted by atomic mass is 10.1. The highest BCUT2D eigenvalue weighted by Crippen LogP contribution is 2.23. The summed E-state index contributed by atoms with van der Waals surface area (Å²) >= 11 is 0. The van der Waals surface area contributed by atoms with Gasteiger partial charge in [0.15, 0.2) is 0 Å². The summed E-state index contributed by atoms with van der Waals surface area (Å²) in [6, 6.07) is 11.1. The maximum atomic E-state index is 13.6. The number of halogens is 1. The van der Waals surface area contributed by atoms with Crippen LogP contribution in [0.5, 0.6) is 0 Å². The molecule has 29 heavy (non-hydrogen) atoms. The number of amides is 2. The first-order valence-electron chi connectivity index (χ1n) is 9.35. The summed E-state index contributed by atoms with van der Waals surface area (Å²) in [7, 11) is 0. The lowest BCUT2D eigenvalue weighted by Crippen LogP contribution is -2.28. The smallest absolute Gasteiger partial charge is 0.256 e. The molecule has 0 unspecified atom stereocenters. The topological polar surface area (TPSA) is 62.3 Å². The Hall–Kier alpha value is -3.54. The van der Waals surface area contributed by atoms with Gasteiger partial charge in [0.1, 0.15) is 5.82 Å². The van der Waals surface area contributed by atoms with Gasteiger partial charge >= 0.3 is 0 Å². The zero-order valence-electron chi connectivity index (χ0n) is 16.2. The molecule has 0 spiro atoms. The van der Waals surface area contributed by atoms with E-state index in [0.717, 1.165) is 5.56 Å². The fourth-order valence-electron chi connectivity index (χ4n) is 3.43. The third-order valence-corrected chi connectivity index (χ3v) is 4.98. The molecule has 6 heteroatoms. The SMILES string of the molecule is Cc1cc(C(=O)Nc2cc(C(=O)N3CC=CC3)ccc2C)c2ccc(F)cc2n1. The van der Waals surface area contributed by atoms with Crippen molar-refractivity contribution in [3.05, 3.63) is 82.8 Å². The summed E-state index contributed by atoms with van der Waals surface area (Å²) in [6.45, 7) is 4.81. The van der Waals surface area contributed by atoms with Gasteiger partial charge in [0.2, 0.25) is 0 Å². The number of anilines is 1. The molecule has 0 aliphatic carbocycles. The van der Waals surface area contributed by atoms with E-state index < -0.39 is 5.82 Å². The summed E-state index contributed by atoms with van der Waals surface area (Å²) in [6.07, 6.45) is 3.91. The van der Waals surface area contributed by atoms with E-state index in [4.69, 9.17) is 0 Å². The first-order chi connectivity index (χ1) is 13.9. The molecule has 5 nitrogen and oxygen atoms in total. The summed E-state index contributed by atoms with van der Waals surface area (Å²) in [5.74, 6) is -0.811. The fraction of sp³-hybridized carbons (Fsp3) is 0.174. The standard InChI is InChI=1S/C23H20FN3O2/c1-14-5-6-16(23(29)27-9-3-4-10-27)12-20(14)26-22(28)19-11-15(2)25-21-13-17(24)7-8-18(19)21/h3-8,11-13H,9-10H2,1-2H3,(H,26,28). The normalized spacial score (nSPS) is 13.1. The van der Waals surface area contributed by atoms with Gasteiger partial charge in [-0.2, -0.15) is 0 Å². The number of carbonyl (C=O) groups is 2. The Morgan fingerprint density at radius 2 is 1.79 bits per heavy atom. The lowest BCUT2D eigenvalue weighted by Gasteiger charge is -2.17. The molecule has 3 aromatic rings. The summed E-state index contributed by atoms with van der Waals surface area (Å²) in [4.78, 5) is 31.7. The van der Waals surface area contributed by atoms with Gasteiger partial charge in [0.25, 0.3) is 11.8 Å². The largest absolute Gasteiger partial charge is 0.331 e. The molecule has 2 heterocycles. The maximum absolute atomic E-state index is 13.6. The summed E-state index contributed by atoms with van der Waals surface area (Å²) < 4.78 is 13.6. The zero-order valence-corrected chi connectivity index (χ0v) is 16.2. The van der Waals surface area contributed by atoms with Gasteiger partial charge < -0.3 is 10.2 Å². The monoisotopic (exact) mass is 389 g/mol. The van der Waals surface area contributed by atoms with Gasteiger partial charge in [-0.25, -0.2) is 4.39 Å². The van der Waals surface area contributed by atoms with Gasteiger partial charge in [0.05, 0.1) is 11.1 Å². The zero-order chi connectivity index (χ0) is 20.5. The molecule has 1 aliphatic heterocycles. The number of pyridine rings is 1. The Bertz CT molecular complexity index is 1160. The Balaban J connectivity index is 1.66. The van der Waals surface area contributed by atoms with Gasteiger partial charge in [0, 0.05) is 41.5 Å². The van der Waals surface area contributed by atoms with Crippen LogP contribution in [-0.2, 0) is 0 Å². The van der Waals surface area contributed by atoms with Gasteiger partial charge in [-0.15, -0.1) is 0 Å². The van der Waals surface area contributed by atoms with Crippen LogP contribution in [0.15, 0.2) is 54.6 Å². The minimum atomic E-state index is -0.402. The molecule has 0 bridgehead atoms. The molecule has 0 saturated carbocycles. The van der Waals surface area contributed by atoms with Crippen molar-refractivity contribution in [3.63, 3.8) is 0 Å². The Kier molecular flexibility index (Phi) is 4.84. The van der Waals surface area contributed by atoms with Crippen LogP contribution >= 0.6 is 0 Å². The van der Waals surface area contributed by atoms with Crippen LogP contribution in [0.4, 0.5) is 10.1 Å². The van der Waals surface area contributed by atoms with E-state index in [1.807, 2.05) is 25.1 Å². The number of carbonyl (C=O) groups excluding carboxylic acids is 2. The second-order valence-electron chi connectivity index (χ2n) is 7.14. The summed E-state index contributed by atoms with van der Waals surface area (Å²) in [5, 5.41) is 3.47. The van der Waals surface area contributed by atoms with Crippen molar-refractivity contribution in [1.29, 1.82) is 0 Å². The quantitative estimate of drug-likeness (QED) is 0.681. The third kappa shape index (κ3) is 3.74. The minimum Gasteiger partial charge on any atom is -0.331 e. The van der Waals surface area contributed by atoms with Crippen LogP contribution in [0.25, 0.3) is 10.9 Å². The lowest BCUT2D eigenvalue weighted by molar-refractivity contribution is 0.0799. The molecule has 0 saturated heterocycles. The molecule has 0 atom stereocenters. The Morgan fingerprint density at radius 1 is 1.03 bits per heavy atom. The first-order valence-corrected chi connectivity index (χ1v) is 9.35. The van der Waals surface area contributed by atoms with E-state index in [2.05, 4.69) is 10.3 Å². The second-order valence-corrected chi connectivity index (χ2v) is 7.14. The van der Waals surface area contributed by atoms with Crippen molar-refractivity contribution >= 4 is 28.4 Å². The maximum Gasteiger partial charge on any atom is 0.256 e. The number of aromatic nitrogens is 1. The number of fused-ring (bicyclic) bond motifs is 1. The predicted molar refractivity (Wildman–Crippen MR) is 111 cm³/mol. The van der Waals surface area contributed by atoms with Crippen LogP contribution in [0.1, 0.15) is 32.0 Å². The highest BCUT2D eigenvalue weighted by molar-refractivity contribution is 6.13. The van der Waals surface area contributed by atoms with Crippen molar-refractivity contribution in [1.82, 2.24) is 9.88 Å². The van der Waals surface area contributed by atoms with E-state index in [-0.39, 0.29) is 11.8 Å². The number of aryl methyl sites for hydroxylation is 2. The highest BCUT2D eigenvalue weighted by Gasteiger charge is 2.19. The molecule has 1 aromatic heterocycles. The van der Waals surface area contributed by atoms with Crippen LogP contribution in [0, 0.1) is 19.7 Å². The fourth-order valence-corrected chi connectivity index (χ4v) is 3.43. The van der Waals surface area contributed by atoms with E-state index >= 15 is 0 Å². The molecule has 1 aliphatic rings. The molecule has 2 aromatic carbocycles. The Labute approximate surface area is 167 Å². The number of hydrogen-bond donors (Lipinski definition) is 1. The van der Waals surface area contributed by atoms with Gasteiger partial charge in [-0.05, 0) is 49.7 Å². The molecular weight excluding hydrogens is 369 g/mol. The van der Waals surface area contributed by atoms with Crippen LogP contribution in [0.3, 0.4) is 0 Å². The molecule has 146 valence electrons. The van der Waals surface area contributed by atoms with Crippen LogP contribution < -0.4 is 5.32 Å². The van der Waals surface area contributed by atoms with E-state index in [1.54, 1.807) is 36.1 Å². The molecular formula is C23H20FN3O2. The molecule has 1 N–H and O–H groups in total. The molecule has 0 radical (unpaired) electrons. The molecule has 2 amide bonds. The third-order valence-electron chi connectivity index (χ3n) is 4.98. The molecule has 4 rings (SSSR count). The van der Waals surface area contributed by atoms with Crippen molar-refractivity contribution in [2.24, 2.45) is 0 Å². The van der Waals surface area contributed by atoms with Gasteiger partial charge in [-0.1, -0.05) is 18.2 Å². The summed E-state index contributed by atoms with van der Waals surface area (Å²) in [5.41, 5.74) is 3.39. The Morgan fingerprint density at radius 3 is 2.55 bits per heavy atom. The van der Waals surface area contributed by atoms with Crippen molar-refractivity contribution in [2.75, 3.05) is 18.4 Å². The minimum absolute atomic E-state index is 0.0776. The number of nitrogens with one attached hydrogen (secondary N) is 1. The second kappa shape index (κ2) is 7.47. The number of rotatable bonds is 3. The highest BCUT2D eigenvalue weighted by atomic mass is 19.1. The van der Waals surface area contributed by atoms with E-state index in [1.165, 1.54) is 12.1 Å². The van der Waals surface area contributed by atoms with Crippen molar-refractivity contribution < 1.29 is 14.0 Å². The van der Waals surface area contributed by atoms with Crippen LogP contribution in [-0.4, -0.2) is 34.8 Å². The van der Waals surface area contributed by atoms with E-state index in [0.29, 0.717) is 46.5 Å². The average Bonchev–Trinajstić information content (AvgIpc) is 3.23. The van der Waals surface area contributed by atoms with Crippen LogP contribution in [0.2, 0.25) is 0 Å².